The Hall–Kier alpha value is -1.10. The first kappa shape index (κ1) is 14.0. The van der Waals surface area contributed by atoms with E-state index in [9.17, 15) is 14.7 Å². The summed E-state index contributed by atoms with van der Waals surface area (Å²) in [6.45, 7) is 2.02. The average Bonchev–Trinajstić information content (AvgIpc) is 2.61. The minimum atomic E-state index is -0.889. The molecule has 0 aromatic carbocycles. The lowest BCUT2D eigenvalue weighted by Crippen LogP contribution is -2.41. The summed E-state index contributed by atoms with van der Waals surface area (Å²) in [5.41, 5.74) is -0.744. The van der Waals surface area contributed by atoms with E-state index in [0.717, 1.165) is 25.7 Å². The van der Waals surface area contributed by atoms with Gasteiger partial charge < -0.3 is 15.5 Å². The van der Waals surface area contributed by atoms with E-state index in [-0.39, 0.29) is 31.2 Å². The lowest BCUT2D eigenvalue weighted by molar-refractivity contribution is -0.138. The molecule has 0 bridgehead atoms. The second-order valence-corrected chi connectivity index (χ2v) is 5.12. The van der Waals surface area contributed by atoms with Crippen molar-refractivity contribution in [3.8, 4) is 0 Å². The zero-order valence-electron chi connectivity index (χ0n) is 10.2. The lowest BCUT2D eigenvalue weighted by atomic mass is 10.0. The van der Waals surface area contributed by atoms with Crippen molar-refractivity contribution < 1.29 is 19.8 Å². The molecule has 0 aromatic heterocycles. The van der Waals surface area contributed by atoms with Crippen LogP contribution in [0.25, 0.3) is 0 Å². The molecular weight excluding hydrogens is 222 g/mol. The van der Waals surface area contributed by atoms with E-state index in [4.69, 9.17) is 5.11 Å². The van der Waals surface area contributed by atoms with Crippen LogP contribution in [0.15, 0.2) is 0 Å². The van der Waals surface area contributed by atoms with Gasteiger partial charge in [-0.25, -0.2) is 0 Å². The molecule has 0 saturated heterocycles. The van der Waals surface area contributed by atoms with Crippen molar-refractivity contribution >= 4 is 11.9 Å². The smallest absolute Gasteiger partial charge is 0.303 e. The van der Waals surface area contributed by atoms with Gasteiger partial charge in [0, 0.05) is 19.4 Å². The second kappa shape index (κ2) is 6.00. The molecule has 5 heteroatoms. The lowest BCUT2D eigenvalue weighted by Gasteiger charge is -2.22. The molecule has 1 aliphatic rings. The fourth-order valence-electron chi connectivity index (χ4n) is 2.23. The van der Waals surface area contributed by atoms with Crippen LogP contribution in [0.5, 0.6) is 0 Å². The summed E-state index contributed by atoms with van der Waals surface area (Å²) in [6.07, 6.45) is 3.67. The van der Waals surface area contributed by atoms with Crippen molar-refractivity contribution in [2.75, 3.05) is 6.54 Å². The molecule has 5 nitrogen and oxygen atoms in total. The Morgan fingerprint density at radius 1 is 1.29 bits per heavy atom. The van der Waals surface area contributed by atoms with Gasteiger partial charge in [-0.3, -0.25) is 9.59 Å². The van der Waals surface area contributed by atoms with Gasteiger partial charge in [0.2, 0.25) is 5.91 Å². The molecular formula is C12H21NO4. The first-order valence-corrected chi connectivity index (χ1v) is 6.12. The number of aliphatic carboxylic acids is 1. The Morgan fingerprint density at radius 2 is 1.88 bits per heavy atom. The van der Waals surface area contributed by atoms with E-state index in [0.29, 0.717) is 0 Å². The highest BCUT2D eigenvalue weighted by atomic mass is 16.4. The summed E-state index contributed by atoms with van der Waals surface area (Å²) in [6, 6.07) is 0. The van der Waals surface area contributed by atoms with Crippen molar-refractivity contribution in [1.82, 2.24) is 5.32 Å². The van der Waals surface area contributed by atoms with Gasteiger partial charge >= 0.3 is 5.97 Å². The summed E-state index contributed by atoms with van der Waals surface area (Å²) in [7, 11) is 0. The molecule has 1 fully saturated rings. The van der Waals surface area contributed by atoms with Gasteiger partial charge in [-0.05, 0) is 18.8 Å². The summed E-state index contributed by atoms with van der Waals surface area (Å²) in [4.78, 5) is 22.0. The van der Waals surface area contributed by atoms with E-state index in [1.807, 2.05) is 0 Å². The minimum Gasteiger partial charge on any atom is -0.481 e. The molecule has 1 aliphatic carbocycles. The molecule has 1 amide bonds. The van der Waals surface area contributed by atoms with Gasteiger partial charge in [0.25, 0.3) is 0 Å². The van der Waals surface area contributed by atoms with Crippen molar-refractivity contribution in [3.63, 3.8) is 0 Å². The number of nitrogens with one attached hydrogen (secondary N) is 1. The van der Waals surface area contributed by atoms with E-state index >= 15 is 0 Å². The standard InChI is InChI=1S/C12H21NO4/c1-9(7-11(15)16)6-10(14)13-8-12(17)4-2-3-5-12/h9,17H,2-8H2,1H3,(H,13,14)(H,15,16). The minimum absolute atomic E-state index is 0.00229. The normalized spacial score (nSPS) is 19.9. The van der Waals surface area contributed by atoms with Crippen molar-refractivity contribution in [1.29, 1.82) is 0 Å². The number of carbonyl (C=O) groups is 2. The number of carbonyl (C=O) groups excluding carboxylic acids is 1. The Morgan fingerprint density at radius 3 is 2.41 bits per heavy atom. The van der Waals surface area contributed by atoms with Crippen LogP contribution < -0.4 is 5.32 Å². The third-order valence-corrected chi connectivity index (χ3v) is 3.21. The molecule has 1 rings (SSSR count). The van der Waals surface area contributed by atoms with Gasteiger partial charge in [-0.1, -0.05) is 19.8 Å². The van der Waals surface area contributed by atoms with Crippen LogP contribution in [0, 0.1) is 5.92 Å². The highest BCUT2D eigenvalue weighted by Crippen LogP contribution is 2.28. The number of rotatable bonds is 6. The number of carboxylic acid groups (broad SMARTS) is 1. The third-order valence-electron chi connectivity index (χ3n) is 3.21. The molecule has 0 aliphatic heterocycles. The van der Waals surface area contributed by atoms with Crippen molar-refractivity contribution in [2.45, 2.75) is 51.0 Å². The maximum atomic E-state index is 11.5. The van der Waals surface area contributed by atoms with E-state index in [1.54, 1.807) is 6.92 Å². The first-order chi connectivity index (χ1) is 7.91. The largest absolute Gasteiger partial charge is 0.481 e. The second-order valence-electron chi connectivity index (χ2n) is 5.12. The van der Waals surface area contributed by atoms with Crippen LogP contribution in [-0.4, -0.2) is 34.2 Å². The highest BCUT2D eigenvalue weighted by molar-refractivity contribution is 5.77. The monoisotopic (exact) mass is 243 g/mol. The number of aliphatic hydroxyl groups is 1. The number of hydrogen-bond donors (Lipinski definition) is 3. The Balaban J connectivity index is 2.23. The third kappa shape index (κ3) is 5.17. The Labute approximate surface area is 101 Å². The molecule has 98 valence electrons. The maximum absolute atomic E-state index is 11.5. The van der Waals surface area contributed by atoms with E-state index < -0.39 is 11.6 Å². The zero-order valence-corrected chi connectivity index (χ0v) is 10.2. The molecule has 17 heavy (non-hydrogen) atoms. The SMILES string of the molecule is CC(CC(=O)O)CC(=O)NCC1(O)CCCC1. The number of amides is 1. The summed E-state index contributed by atoms with van der Waals surface area (Å²) < 4.78 is 0. The fourth-order valence-corrected chi connectivity index (χ4v) is 2.23. The van der Waals surface area contributed by atoms with Crippen molar-refractivity contribution in [3.05, 3.63) is 0 Å². The predicted octanol–water partition coefficient (Wildman–Crippen LogP) is 0.909. The topological polar surface area (TPSA) is 86.6 Å². The molecule has 0 radical (unpaired) electrons. The zero-order chi connectivity index (χ0) is 12.9. The van der Waals surface area contributed by atoms with E-state index in [2.05, 4.69) is 5.32 Å². The van der Waals surface area contributed by atoms with Gasteiger partial charge in [0.15, 0.2) is 0 Å². The fraction of sp³-hybridized carbons (Fsp3) is 0.833. The van der Waals surface area contributed by atoms with Crippen LogP contribution in [0.4, 0.5) is 0 Å². The Kier molecular flexibility index (Phi) is 4.93. The van der Waals surface area contributed by atoms with Gasteiger partial charge in [0.1, 0.15) is 0 Å². The molecule has 3 N–H and O–H groups in total. The van der Waals surface area contributed by atoms with Gasteiger partial charge in [-0.2, -0.15) is 0 Å². The Bertz CT molecular complexity index is 284. The summed E-state index contributed by atoms with van der Waals surface area (Å²) >= 11 is 0. The maximum Gasteiger partial charge on any atom is 0.303 e. The van der Waals surface area contributed by atoms with Crippen LogP contribution in [0.3, 0.4) is 0 Å². The highest BCUT2D eigenvalue weighted by Gasteiger charge is 2.31. The van der Waals surface area contributed by atoms with Crippen molar-refractivity contribution in [2.24, 2.45) is 5.92 Å². The van der Waals surface area contributed by atoms with Crippen LogP contribution in [-0.2, 0) is 9.59 Å². The quantitative estimate of drug-likeness (QED) is 0.647. The van der Waals surface area contributed by atoms with Crippen LogP contribution in [0.1, 0.15) is 45.4 Å². The molecule has 0 aromatic rings. The van der Waals surface area contributed by atoms with Crippen LogP contribution in [0.2, 0.25) is 0 Å². The van der Waals surface area contributed by atoms with Crippen LogP contribution >= 0.6 is 0 Å². The molecule has 1 saturated carbocycles. The molecule has 1 unspecified atom stereocenters. The van der Waals surface area contributed by atoms with Gasteiger partial charge in [-0.15, -0.1) is 0 Å². The first-order valence-electron chi connectivity index (χ1n) is 6.12. The predicted molar refractivity (Wildman–Crippen MR) is 62.5 cm³/mol. The van der Waals surface area contributed by atoms with E-state index in [1.165, 1.54) is 0 Å². The molecule has 1 atom stereocenters. The number of hydrogen-bond acceptors (Lipinski definition) is 3. The number of carboxylic acids is 1. The van der Waals surface area contributed by atoms with Gasteiger partial charge in [0.05, 0.1) is 5.60 Å². The average molecular weight is 243 g/mol. The summed E-state index contributed by atoms with van der Waals surface area (Å²) in [5.74, 6) is -1.25. The molecule has 0 spiro atoms. The molecule has 0 heterocycles. The summed E-state index contributed by atoms with van der Waals surface area (Å²) in [5, 5.41) is 21.3.